The zero-order valence-corrected chi connectivity index (χ0v) is 11.8. The van der Waals surface area contributed by atoms with Gasteiger partial charge in [-0.15, -0.1) is 5.10 Å². The maximum Gasteiger partial charge on any atom is 0.333 e. The minimum atomic E-state index is -0.278. The highest BCUT2D eigenvalue weighted by molar-refractivity contribution is 5.89. The van der Waals surface area contributed by atoms with Gasteiger partial charge in [-0.3, -0.25) is 5.01 Å². The Morgan fingerprint density at radius 3 is 2.00 bits per heavy atom. The van der Waals surface area contributed by atoms with Crippen molar-refractivity contribution in [2.24, 2.45) is 5.10 Å². The van der Waals surface area contributed by atoms with Crippen molar-refractivity contribution in [1.82, 2.24) is 5.01 Å². The van der Waals surface area contributed by atoms with Crippen LogP contribution in [0.25, 0.3) is 0 Å². The Bertz CT molecular complexity index is 614. The number of carbonyl (C=O) groups excluding carboxylic acids is 1. The lowest BCUT2D eigenvalue weighted by Gasteiger charge is -2.31. The molecule has 1 aliphatic heterocycles. The molecule has 2 aromatic carbocycles. The van der Waals surface area contributed by atoms with E-state index >= 15 is 0 Å². The van der Waals surface area contributed by atoms with E-state index in [4.69, 9.17) is 4.74 Å². The first kappa shape index (κ1) is 13.4. The van der Waals surface area contributed by atoms with Gasteiger partial charge in [0.25, 0.3) is 0 Å². The molecule has 21 heavy (non-hydrogen) atoms. The lowest BCUT2D eigenvalue weighted by molar-refractivity contribution is -0.139. The predicted octanol–water partition coefficient (Wildman–Crippen LogP) is 2.97. The van der Waals surface area contributed by atoms with Crippen LogP contribution in [-0.4, -0.2) is 23.4 Å². The molecule has 0 radical (unpaired) electrons. The summed E-state index contributed by atoms with van der Waals surface area (Å²) in [6, 6.07) is 20.0. The second-order valence-corrected chi connectivity index (χ2v) is 4.91. The molecule has 0 unspecified atom stereocenters. The zero-order valence-electron chi connectivity index (χ0n) is 11.8. The molecule has 0 aromatic heterocycles. The van der Waals surface area contributed by atoms with E-state index in [-0.39, 0.29) is 18.6 Å². The van der Waals surface area contributed by atoms with Crippen molar-refractivity contribution in [3.8, 4) is 0 Å². The monoisotopic (exact) mass is 280 g/mol. The zero-order chi connectivity index (χ0) is 14.7. The highest BCUT2D eigenvalue weighted by Crippen LogP contribution is 2.29. The van der Waals surface area contributed by atoms with Gasteiger partial charge in [-0.1, -0.05) is 60.7 Å². The van der Waals surface area contributed by atoms with Crippen LogP contribution in [0.2, 0.25) is 0 Å². The summed E-state index contributed by atoms with van der Waals surface area (Å²) in [7, 11) is 0. The SMILES string of the molecule is CC1=NN(C(c2ccccc2)c2ccccc2)CC(=O)O1. The van der Waals surface area contributed by atoms with Gasteiger partial charge < -0.3 is 4.74 Å². The Hall–Kier alpha value is -2.62. The Morgan fingerprint density at radius 2 is 1.52 bits per heavy atom. The van der Waals surface area contributed by atoms with Gasteiger partial charge >= 0.3 is 5.97 Å². The molecule has 0 saturated carbocycles. The molecule has 2 aromatic rings. The van der Waals surface area contributed by atoms with Gasteiger partial charge in [0.15, 0.2) is 0 Å². The first-order valence-electron chi connectivity index (χ1n) is 6.86. The van der Waals surface area contributed by atoms with Crippen LogP contribution < -0.4 is 0 Å². The quantitative estimate of drug-likeness (QED) is 0.812. The summed E-state index contributed by atoms with van der Waals surface area (Å²) >= 11 is 0. The average molecular weight is 280 g/mol. The number of esters is 1. The third-order valence-electron chi connectivity index (χ3n) is 3.35. The van der Waals surface area contributed by atoms with E-state index in [1.807, 2.05) is 60.7 Å². The molecule has 0 amide bonds. The third-order valence-corrected chi connectivity index (χ3v) is 3.35. The molecule has 106 valence electrons. The van der Waals surface area contributed by atoms with Crippen molar-refractivity contribution in [2.75, 3.05) is 6.54 Å². The Kier molecular flexibility index (Phi) is 3.69. The van der Waals surface area contributed by atoms with Gasteiger partial charge in [0.2, 0.25) is 5.90 Å². The van der Waals surface area contributed by atoms with Gasteiger partial charge in [-0.25, -0.2) is 4.79 Å². The van der Waals surface area contributed by atoms with E-state index in [2.05, 4.69) is 5.10 Å². The predicted molar refractivity (Wildman–Crippen MR) is 80.6 cm³/mol. The molecule has 0 fully saturated rings. The van der Waals surface area contributed by atoms with Gasteiger partial charge in [-0.2, -0.15) is 0 Å². The number of benzene rings is 2. The number of hydrogen-bond donors (Lipinski definition) is 0. The van der Waals surface area contributed by atoms with E-state index in [0.29, 0.717) is 5.90 Å². The van der Waals surface area contributed by atoms with Crippen LogP contribution in [-0.2, 0) is 9.53 Å². The molecule has 4 heteroatoms. The lowest BCUT2D eigenvalue weighted by Crippen LogP contribution is -2.37. The Morgan fingerprint density at radius 1 is 1.00 bits per heavy atom. The second kappa shape index (κ2) is 5.79. The molecular formula is C17H16N2O2. The molecule has 0 atom stereocenters. The summed E-state index contributed by atoms with van der Waals surface area (Å²) in [5.41, 5.74) is 2.19. The van der Waals surface area contributed by atoms with Crippen molar-refractivity contribution < 1.29 is 9.53 Å². The summed E-state index contributed by atoms with van der Waals surface area (Å²) in [6.07, 6.45) is 0. The molecule has 1 heterocycles. The minimum absolute atomic E-state index is 0.102. The number of nitrogens with zero attached hydrogens (tertiary/aromatic N) is 2. The van der Waals surface area contributed by atoms with Crippen molar-refractivity contribution in [1.29, 1.82) is 0 Å². The average Bonchev–Trinajstić information content (AvgIpc) is 2.49. The van der Waals surface area contributed by atoms with Crippen LogP contribution in [0.5, 0.6) is 0 Å². The molecule has 0 aliphatic carbocycles. The molecule has 3 rings (SSSR count). The number of hydrazone groups is 1. The van der Waals surface area contributed by atoms with Crippen molar-refractivity contribution in [3.63, 3.8) is 0 Å². The van der Waals surface area contributed by atoms with Crippen molar-refractivity contribution in [2.45, 2.75) is 13.0 Å². The van der Waals surface area contributed by atoms with Crippen LogP contribution in [0.4, 0.5) is 0 Å². The van der Waals surface area contributed by atoms with Gasteiger partial charge in [-0.05, 0) is 11.1 Å². The highest BCUT2D eigenvalue weighted by atomic mass is 16.5. The van der Waals surface area contributed by atoms with E-state index in [9.17, 15) is 4.79 Å². The van der Waals surface area contributed by atoms with Crippen molar-refractivity contribution >= 4 is 11.9 Å². The summed E-state index contributed by atoms with van der Waals surface area (Å²) in [5.74, 6) is 0.0995. The molecule has 4 nitrogen and oxygen atoms in total. The maximum atomic E-state index is 11.7. The molecule has 0 N–H and O–H groups in total. The molecule has 0 spiro atoms. The van der Waals surface area contributed by atoms with Gasteiger partial charge in [0, 0.05) is 6.92 Å². The largest absolute Gasteiger partial charge is 0.409 e. The molecule has 1 aliphatic rings. The summed E-state index contributed by atoms with van der Waals surface area (Å²) in [6.45, 7) is 1.84. The first-order chi connectivity index (χ1) is 10.2. The second-order valence-electron chi connectivity index (χ2n) is 4.91. The van der Waals surface area contributed by atoms with Gasteiger partial charge in [0.05, 0.1) is 6.04 Å². The highest BCUT2D eigenvalue weighted by Gasteiger charge is 2.27. The number of cyclic esters (lactones) is 1. The number of hydrogen-bond acceptors (Lipinski definition) is 4. The smallest absolute Gasteiger partial charge is 0.333 e. The van der Waals surface area contributed by atoms with Crippen LogP contribution in [0.3, 0.4) is 0 Å². The fraction of sp³-hybridized carbons (Fsp3) is 0.176. The number of ether oxygens (including phenoxy) is 1. The van der Waals surface area contributed by atoms with Crippen LogP contribution in [0.15, 0.2) is 65.8 Å². The Labute approximate surface area is 123 Å². The van der Waals surface area contributed by atoms with Crippen molar-refractivity contribution in [3.05, 3.63) is 71.8 Å². The number of rotatable bonds is 3. The van der Waals surface area contributed by atoms with Crippen LogP contribution in [0.1, 0.15) is 24.1 Å². The van der Waals surface area contributed by atoms with Crippen LogP contribution >= 0.6 is 0 Å². The van der Waals surface area contributed by atoms with E-state index in [1.54, 1.807) is 11.9 Å². The van der Waals surface area contributed by atoms with E-state index in [1.165, 1.54) is 0 Å². The molecule has 0 saturated heterocycles. The van der Waals surface area contributed by atoms with Gasteiger partial charge in [0.1, 0.15) is 6.54 Å². The summed E-state index contributed by atoms with van der Waals surface area (Å²) in [5, 5.41) is 6.18. The summed E-state index contributed by atoms with van der Waals surface area (Å²) < 4.78 is 5.01. The first-order valence-corrected chi connectivity index (χ1v) is 6.86. The maximum absolute atomic E-state index is 11.7. The van der Waals surface area contributed by atoms with E-state index < -0.39 is 0 Å². The standard InChI is InChI=1S/C17H16N2O2/c1-13-18-19(12-16(20)21-13)17(14-8-4-2-5-9-14)15-10-6-3-7-11-15/h2-11,17H,12H2,1H3. The van der Waals surface area contributed by atoms with Crippen LogP contribution in [0, 0.1) is 0 Å². The molecule has 0 bridgehead atoms. The fourth-order valence-electron chi connectivity index (χ4n) is 2.52. The molecular weight excluding hydrogens is 264 g/mol. The summed E-state index contributed by atoms with van der Waals surface area (Å²) in [4.78, 5) is 11.7. The Balaban J connectivity index is 2.05. The number of carbonyl (C=O) groups is 1. The minimum Gasteiger partial charge on any atom is -0.409 e. The topological polar surface area (TPSA) is 41.9 Å². The normalized spacial score (nSPS) is 14.9. The van der Waals surface area contributed by atoms with E-state index in [0.717, 1.165) is 11.1 Å². The fourth-order valence-corrected chi connectivity index (χ4v) is 2.52. The lowest BCUT2D eigenvalue weighted by atomic mass is 9.98. The third kappa shape index (κ3) is 2.94.